The molecular weight excluding hydrogens is 302 g/mol. The van der Waals surface area contributed by atoms with Crippen molar-refractivity contribution in [2.75, 3.05) is 0 Å². The van der Waals surface area contributed by atoms with Gasteiger partial charge >= 0.3 is 0 Å². The van der Waals surface area contributed by atoms with E-state index in [4.69, 9.17) is 5.26 Å². The van der Waals surface area contributed by atoms with Gasteiger partial charge in [0, 0.05) is 0 Å². The molecule has 0 aliphatic heterocycles. The molecule has 2 aromatic carbocycles. The zero-order valence-corrected chi connectivity index (χ0v) is 15.5. The summed E-state index contributed by atoms with van der Waals surface area (Å²) in [7, 11) is 0. The van der Waals surface area contributed by atoms with Crippen LogP contribution in [0.3, 0.4) is 0 Å². The Morgan fingerprint density at radius 1 is 0.920 bits per heavy atom. The lowest BCUT2D eigenvalue weighted by atomic mass is 9.75. The van der Waals surface area contributed by atoms with E-state index in [0.29, 0.717) is 0 Å². The van der Waals surface area contributed by atoms with Crippen LogP contribution in [0.4, 0.5) is 0 Å². The van der Waals surface area contributed by atoms with Gasteiger partial charge in [-0.15, -0.1) is 0 Å². The summed E-state index contributed by atoms with van der Waals surface area (Å²) >= 11 is 0. The Kier molecular flexibility index (Phi) is 5.92. The highest BCUT2D eigenvalue weighted by Crippen LogP contribution is 2.39. The Labute approximate surface area is 152 Å². The largest absolute Gasteiger partial charge is 0.192 e. The Morgan fingerprint density at radius 3 is 2.00 bits per heavy atom. The fourth-order valence-corrected chi connectivity index (χ4v) is 4.15. The summed E-state index contributed by atoms with van der Waals surface area (Å²) in [6.45, 7) is 4.71. The third kappa shape index (κ3) is 4.51. The molecule has 1 aliphatic carbocycles. The molecule has 1 fully saturated rings. The smallest absolute Gasteiger partial charge is 0.0991 e. The van der Waals surface area contributed by atoms with Crippen molar-refractivity contribution in [2.24, 2.45) is 11.8 Å². The van der Waals surface area contributed by atoms with E-state index in [1.54, 1.807) is 0 Å². The average Bonchev–Trinajstić information content (AvgIpc) is 2.69. The van der Waals surface area contributed by atoms with E-state index >= 15 is 0 Å². The molecule has 0 aromatic heterocycles. The Morgan fingerprint density at radius 2 is 1.48 bits per heavy atom. The second kappa shape index (κ2) is 8.34. The lowest BCUT2D eigenvalue weighted by Crippen LogP contribution is -2.15. The summed E-state index contributed by atoms with van der Waals surface area (Å²) in [5.74, 6) is 2.57. The van der Waals surface area contributed by atoms with Crippen molar-refractivity contribution in [1.29, 1.82) is 5.26 Å². The molecule has 3 rings (SSSR count). The number of benzene rings is 2. The van der Waals surface area contributed by atoms with Crippen LogP contribution in [0, 0.1) is 23.2 Å². The third-order valence-corrected chi connectivity index (χ3v) is 6.01. The van der Waals surface area contributed by atoms with Gasteiger partial charge in [0.2, 0.25) is 0 Å². The predicted octanol–water partition coefficient (Wildman–Crippen LogP) is 6.94. The lowest BCUT2D eigenvalue weighted by Gasteiger charge is -2.30. The Balaban J connectivity index is 1.60. The summed E-state index contributed by atoms with van der Waals surface area (Å²) in [5.41, 5.74) is 4.63. The maximum absolute atomic E-state index is 8.91. The molecule has 25 heavy (non-hydrogen) atoms. The summed E-state index contributed by atoms with van der Waals surface area (Å²) in [6.07, 6.45) is 8.21. The monoisotopic (exact) mass is 331 g/mol. The van der Waals surface area contributed by atoms with E-state index in [-0.39, 0.29) is 0 Å². The van der Waals surface area contributed by atoms with Crippen molar-refractivity contribution in [3.05, 3.63) is 59.7 Å². The van der Waals surface area contributed by atoms with Gasteiger partial charge in [0.15, 0.2) is 0 Å². The van der Waals surface area contributed by atoms with Gasteiger partial charge in [-0.05, 0) is 78.7 Å². The van der Waals surface area contributed by atoms with Crippen molar-refractivity contribution in [2.45, 2.75) is 58.3 Å². The van der Waals surface area contributed by atoms with Crippen LogP contribution in [0.15, 0.2) is 48.5 Å². The first-order valence-corrected chi connectivity index (χ1v) is 9.80. The van der Waals surface area contributed by atoms with Crippen LogP contribution in [-0.2, 0) is 0 Å². The average molecular weight is 332 g/mol. The van der Waals surface area contributed by atoms with Crippen molar-refractivity contribution in [3.8, 4) is 17.2 Å². The second-order valence-electron chi connectivity index (χ2n) is 7.78. The molecule has 1 unspecified atom stereocenters. The van der Waals surface area contributed by atoms with Crippen LogP contribution in [0.5, 0.6) is 0 Å². The van der Waals surface area contributed by atoms with Gasteiger partial charge in [-0.1, -0.05) is 56.7 Å². The first kappa shape index (κ1) is 17.7. The fraction of sp³-hybridized carbons (Fsp3) is 0.458. The maximum Gasteiger partial charge on any atom is 0.0991 e. The molecule has 0 radical (unpaired) electrons. The van der Waals surface area contributed by atoms with Crippen molar-refractivity contribution < 1.29 is 0 Å². The highest BCUT2D eigenvalue weighted by molar-refractivity contribution is 5.64. The zero-order valence-electron chi connectivity index (χ0n) is 15.5. The minimum Gasteiger partial charge on any atom is -0.192 e. The summed E-state index contributed by atoms with van der Waals surface area (Å²) < 4.78 is 0. The molecule has 130 valence electrons. The minimum absolute atomic E-state index is 0.717. The zero-order chi connectivity index (χ0) is 17.6. The topological polar surface area (TPSA) is 23.8 Å². The van der Waals surface area contributed by atoms with Crippen molar-refractivity contribution in [1.82, 2.24) is 0 Å². The predicted molar refractivity (Wildman–Crippen MR) is 105 cm³/mol. The van der Waals surface area contributed by atoms with Crippen LogP contribution in [-0.4, -0.2) is 0 Å². The van der Waals surface area contributed by atoms with Crippen molar-refractivity contribution >= 4 is 0 Å². The van der Waals surface area contributed by atoms with E-state index in [0.717, 1.165) is 23.3 Å². The molecule has 0 heterocycles. The number of nitriles is 1. The number of rotatable bonds is 5. The first-order valence-electron chi connectivity index (χ1n) is 9.80. The van der Waals surface area contributed by atoms with Gasteiger partial charge in [0.1, 0.15) is 0 Å². The molecule has 0 spiro atoms. The van der Waals surface area contributed by atoms with E-state index in [9.17, 15) is 0 Å². The number of hydrogen-bond acceptors (Lipinski definition) is 1. The van der Waals surface area contributed by atoms with Gasteiger partial charge in [-0.25, -0.2) is 0 Å². The summed E-state index contributed by atoms with van der Waals surface area (Å²) in [6, 6.07) is 19.1. The normalized spacial score (nSPS) is 21.5. The van der Waals surface area contributed by atoms with Crippen molar-refractivity contribution in [3.63, 3.8) is 0 Å². The Bertz CT molecular complexity index is 697. The summed E-state index contributed by atoms with van der Waals surface area (Å²) in [5, 5.41) is 8.91. The molecule has 1 heteroatoms. The first-order chi connectivity index (χ1) is 12.2. The SMILES string of the molecule is CCC(C)CC1CCC(c2ccc(-c3ccc(C#N)cc3)cc2)CC1. The molecule has 1 saturated carbocycles. The highest BCUT2D eigenvalue weighted by atomic mass is 14.3. The van der Waals surface area contributed by atoms with Crippen LogP contribution in [0.1, 0.15) is 69.4 Å². The molecule has 0 amide bonds. The Hall–Kier alpha value is -2.07. The number of hydrogen-bond donors (Lipinski definition) is 0. The van der Waals surface area contributed by atoms with Gasteiger partial charge in [0.05, 0.1) is 11.6 Å². The van der Waals surface area contributed by atoms with Gasteiger partial charge in [-0.2, -0.15) is 5.26 Å². The summed E-state index contributed by atoms with van der Waals surface area (Å²) in [4.78, 5) is 0. The minimum atomic E-state index is 0.717. The van der Waals surface area contributed by atoms with E-state index < -0.39 is 0 Å². The molecule has 0 saturated heterocycles. The van der Waals surface area contributed by atoms with Gasteiger partial charge in [0.25, 0.3) is 0 Å². The molecule has 1 atom stereocenters. The number of nitrogens with zero attached hydrogens (tertiary/aromatic N) is 1. The fourth-order valence-electron chi connectivity index (χ4n) is 4.15. The maximum atomic E-state index is 8.91. The van der Waals surface area contributed by atoms with Gasteiger partial charge in [-0.3, -0.25) is 0 Å². The van der Waals surface area contributed by atoms with Crippen LogP contribution in [0.2, 0.25) is 0 Å². The highest BCUT2D eigenvalue weighted by Gasteiger charge is 2.23. The van der Waals surface area contributed by atoms with Crippen LogP contribution in [0.25, 0.3) is 11.1 Å². The lowest BCUT2D eigenvalue weighted by molar-refractivity contribution is 0.273. The quantitative estimate of drug-likeness (QED) is 0.582. The third-order valence-electron chi connectivity index (χ3n) is 6.01. The molecule has 1 nitrogen and oxygen atoms in total. The molecule has 0 bridgehead atoms. The van der Waals surface area contributed by atoms with Crippen LogP contribution >= 0.6 is 0 Å². The molecule has 1 aliphatic rings. The van der Waals surface area contributed by atoms with Gasteiger partial charge < -0.3 is 0 Å². The standard InChI is InChI=1S/C24H29N/c1-3-18(2)16-19-4-8-21(9-5-19)23-12-14-24(15-13-23)22-10-6-20(17-25)7-11-22/h6-7,10-15,18-19,21H,3-5,8-9,16H2,1-2H3. The van der Waals surface area contributed by atoms with E-state index in [1.165, 1.54) is 55.2 Å². The molecular formula is C24H29N. The molecule has 2 aromatic rings. The van der Waals surface area contributed by atoms with E-state index in [2.05, 4.69) is 44.2 Å². The van der Waals surface area contributed by atoms with Crippen LogP contribution < -0.4 is 0 Å². The second-order valence-corrected chi connectivity index (χ2v) is 7.78. The molecule has 0 N–H and O–H groups in total. The van der Waals surface area contributed by atoms with E-state index in [1.807, 2.05) is 24.3 Å².